The van der Waals surface area contributed by atoms with Crippen molar-refractivity contribution in [1.82, 2.24) is 9.88 Å². The van der Waals surface area contributed by atoms with Gasteiger partial charge in [-0.2, -0.15) is 0 Å². The molecule has 1 aromatic heterocycles. The molecular formula is C12H19N3OS. The van der Waals surface area contributed by atoms with Crippen LogP contribution in [0.15, 0.2) is 0 Å². The van der Waals surface area contributed by atoms with Crippen molar-refractivity contribution in [2.75, 3.05) is 19.6 Å². The van der Waals surface area contributed by atoms with Crippen LogP contribution < -0.4 is 5.73 Å². The zero-order valence-electron chi connectivity index (χ0n) is 10.2. The molecule has 1 aliphatic heterocycles. The quantitative estimate of drug-likeness (QED) is 0.874. The second kappa shape index (κ2) is 5.60. The van der Waals surface area contributed by atoms with Gasteiger partial charge in [-0.15, -0.1) is 11.3 Å². The van der Waals surface area contributed by atoms with Gasteiger partial charge in [-0.05, 0) is 26.3 Å². The zero-order valence-corrected chi connectivity index (χ0v) is 11.1. The number of rotatable bonds is 4. The lowest BCUT2D eigenvalue weighted by Crippen LogP contribution is -2.28. The molecule has 1 fully saturated rings. The zero-order chi connectivity index (χ0) is 12.3. The lowest BCUT2D eigenvalue weighted by Gasteiger charge is -2.14. The summed E-state index contributed by atoms with van der Waals surface area (Å²) in [5.74, 6) is 0.244. The van der Waals surface area contributed by atoms with Crippen molar-refractivity contribution in [3.05, 3.63) is 15.6 Å². The van der Waals surface area contributed by atoms with E-state index in [-0.39, 0.29) is 5.91 Å². The van der Waals surface area contributed by atoms with E-state index in [1.807, 2.05) is 11.8 Å². The fraction of sp³-hybridized carbons (Fsp3) is 0.667. The van der Waals surface area contributed by atoms with Gasteiger partial charge >= 0.3 is 0 Å². The Morgan fingerprint density at radius 2 is 2.18 bits per heavy atom. The molecule has 0 bridgehead atoms. The fourth-order valence-corrected chi connectivity index (χ4v) is 3.17. The van der Waals surface area contributed by atoms with Crippen LogP contribution in [0.3, 0.4) is 0 Å². The van der Waals surface area contributed by atoms with E-state index in [2.05, 4.69) is 4.98 Å². The first-order chi connectivity index (χ1) is 8.20. The molecule has 2 N–H and O–H groups in total. The molecule has 2 heterocycles. The maximum atomic E-state index is 12.0. The minimum absolute atomic E-state index is 0.244. The number of hydrogen-bond acceptors (Lipinski definition) is 4. The molecule has 2 rings (SSSR count). The Bertz CT molecular complexity index is 396. The standard InChI is InChI=1S/C12H19N3OS/c1-9-10(17-11(14-9)4-5-13)8-12(16)15-6-2-3-7-15/h2-8,13H2,1H3. The summed E-state index contributed by atoms with van der Waals surface area (Å²) in [6.45, 7) is 4.44. The molecule has 17 heavy (non-hydrogen) atoms. The third-order valence-electron chi connectivity index (χ3n) is 3.07. The van der Waals surface area contributed by atoms with Crippen molar-refractivity contribution in [3.63, 3.8) is 0 Å². The number of aryl methyl sites for hydroxylation is 1. The molecule has 0 unspecified atom stereocenters. The highest BCUT2D eigenvalue weighted by molar-refractivity contribution is 7.11. The first-order valence-electron chi connectivity index (χ1n) is 6.13. The highest BCUT2D eigenvalue weighted by Gasteiger charge is 2.20. The second-order valence-electron chi connectivity index (χ2n) is 4.42. The Morgan fingerprint density at radius 3 is 2.82 bits per heavy atom. The predicted octanol–water partition coefficient (Wildman–Crippen LogP) is 1.12. The molecule has 4 nitrogen and oxygen atoms in total. The molecule has 1 saturated heterocycles. The number of nitrogens with zero attached hydrogens (tertiary/aromatic N) is 2. The summed E-state index contributed by atoms with van der Waals surface area (Å²) in [6, 6.07) is 0. The molecule has 1 aromatic rings. The van der Waals surface area contributed by atoms with Crippen molar-refractivity contribution in [2.24, 2.45) is 5.73 Å². The molecule has 0 atom stereocenters. The summed E-state index contributed by atoms with van der Waals surface area (Å²) in [4.78, 5) is 19.5. The highest BCUT2D eigenvalue weighted by Crippen LogP contribution is 2.20. The van der Waals surface area contributed by atoms with Crippen LogP contribution in [0.4, 0.5) is 0 Å². The highest BCUT2D eigenvalue weighted by atomic mass is 32.1. The fourth-order valence-electron chi connectivity index (χ4n) is 2.10. The Kier molecular flexibility index (Phi) is 4.12. The van der Waals surface area contributed by atoms with Crippen molar-refractivity contribution < 1.29 is 4.79 Å². The molecule has 0 radical (unpaired) electrons. The lowest BCUT2D eigenvalue weighted by atomic mass is 10.3. The first kappa shape index (κ1) is 12.5. The van der Waals surface area contributed by atoms with Crippen LogP contribution in [0.1, 0.15) is 28.4 Å². The summed E-state index contributed by atoms with van der Waals surface area (Å²) in [7, 11) is 0. The molecule has 0 aromatic carbocycles. The molecule has 94 valence electrons. The van der Waals surface area contributed by atoms with Crippen molar-refractivity contribution >= 4 is 17.2 Å². The monoisotopic (exact) mass is 253 g/mol. The van der Waals surface area contributed by atoms with Crippen LogP contribution in [0.2, 0.25) is 0 Å². The van der Waals surface area contributed by atoms with Crippen LogP contribution in [0.5, 0.6) is 0 Å². The number of hydrogen-bond donors (Lipinski definition) is 1. The van der Waals surface area contributed by atoms with Crippen LogP contribution >= 0.6 is 11.3 Å². The SMILES string of the molecule is Cc1nc(CCN)sc1CC(=O)N1CCCC1. The van der Waals surface area contributed by atoms with E-state index >= 15 is 0 Å². The van der Waals surface area contributed by atoms with Gasteiger partial charge in [0.15, 0.2) is 0 Å². The predicted molar refractivity (Wildman–Crippen MR) is 69.1 cm³/mol. The molecule has 1 aliphatic rings. The Hall–Kier alpha value is -0.940. The number of likely N-dealkylation sites (tertiary alicyclic amines) is 1. The largest absolute Gasteiger partial charge is 0.342 e. The number of thiazole rings is 1. The van der Waals surface area contributed by atoms with E-state index in [0.717, 1.165) is 47.9 Å². The van der Waals surface area contributed by atoms with E-state index in [1.165, 1.54) is 0 Å². The van der Waals surface area contributed by atoms with Crippen LogP contribution in [0.25, 0.3) is 0 Å². The first-order valence-corrected chi connectivity index (χ1v) is 6.95. The number of amides is 1. The second-order valence-corrected chi connectivity index (χ2v) is 5.59. The van der Waals surface area contributed by atoms with Gasteiger partial charge in [-0.3, -0.25) is 4.79 Å². The topological polar surface area (TPSA) is 59.2 Å². The van der Waals surface area contributed by atoms with Crippen molar-refractivity contribution in [1.29, 1.82) is 0 Å². The minimum atomic E-state index is 0.244. The molecule has 0 aliphatic carbocycles. The number of nitrogens with two attached hydrogens (primary N) is 1. The third-order valence-corrected chi connectivity index (χ3v) is 4.28. The van der Waals surface area contributed by atoms with Gasteiger partial charge in [0.2, 0.25) is 5.91 Å². The summed E-state index contributed by atoms with van der Waals surface area (Å²) in [6.07, 6.45) is 3.61. The molecule has 1 amide bonds. The van der Waals surface area contributed by atoms with Gasteiger partial charge in [0.05, 0.1) is 17.1 Å². The minimum Gasteiger partial charge on any atom is -0.342 e. The van der Waals surface area contributed by atoms with Crippen LogP contribution in [-0.2, 0) is 17.6 Å². The van der Waals surface area contributed by atoms with E-state index in [9.17, 15) is 4.79 Å². The van der Waals surface area contributed by atoms with Crippen LogP contribution in [-0.4, -0.2) is 35.4 Å². The summed E-state index contributed by atoms with van der Waals surface area (Å²) in [5.41, 5.74) is 6.50. The maximum absolute atomic E-state index is 12.0. The summed E-state index contributed by atoms with van der Waals surface area (Å²) in [5, 5.41) is 1.05. The Balaban J connectivity index is 1.99. The number of carbonyl (C=O) groups is 1. The number of carbonyl (C=O) groups excluding carboxylic acids is 1. The maximum Gasteiger partial charge on any atom is 0.227 e. The Labute approximate surface area is 106 Å². The van der Waals surface area contributed by atoms with E-state index < -0.39 is 0 Å². The lowest BCUT2D eigenvalue weighted by molar-refractivity contribution is -0.129. The van der Waals surface area contributed by atoms with Gasteiger partial charge in [-0.25, -0.2) is 4.98 Å². The number of aromatic nitrogens is 1. The van der Waals surface area contributed by atoms with E-state index in [1.54, 1.807) is 11.3 Å². The molecule has 5 heteroatoms. The normalized spacial score (nSPS) is 15.5. The summed E-state index contributed by atoms with van der Waals surface area (Å²) < 4.78 is 0. The van der Waals surface area contributed by atoms with E-state index in [4.69, 9.17) is 5.73 Å². The van der Waals surface area contributed by atoms with Crippen molar-refractivity contribution in [2.45, 2.75) is 32.6 Å². The molecule has 0 saturated carbocycles. The third kappa shape index (κ3) is 3.04. The van der Waals surface area contributed by atoms with Gasteiger partial charge in [0.1, 0.15) is 0 Å². The van der Waals surface area contributed by atoms with Gasteiger partial charge < -0.3 is 10.6 Å². The Morgan fingerprint density at radius 1 is 1.47 bits per heavy atom. The van der Waals surface area contributed by atoms with Gasteiger partial charge in [0, 0.05) is 24.4 Å². The van der Waals surface area contributed by atoms with Gasteiger partial charge in [0.25, 0.3) is 0 Å². The smallest absolute Gasteiger partial charge is 0.227 e. The average molecular weight is 253 g/mol. The van der Waals surface area contributed by atoms with Crippen LogP contribution in [0, 0.1) is 6.92 Å². The van der Waals surface area contributed by atoms with Gasteiger partial charge in [-0.1, -0.05) is 0 Å². The summed E-state index contributed by atoms with van der Waals surface area (Å²) >= 11 is 1.63. The average Bonchev–Trinajstić information content (AvgIpc) is 2.90. The van der Waals surface area contributed by atoms with Crippen molar-refractivity contribution in [3.8, 4) is 0 Å². The molecular weight excluding hydrogens is 234 g/mol. The van der Waals surface area contributed by atoms with E-state index in [0.29, 0.717) is 13.0 Å². The molecule has 0 spiro atoms.